The topological polar surface area (TPSA) is 113 Å². The van der Waals surface area contributed by atoms with Gasteiger partial charge in [0.05, 0.1) is 27.7 Å². The third-order valence-corrected chi connectivity index (χ3v) is 7.68. The SMILES string of the molecule is CCOC(=O)c1sc(NC(=O)c2ccccc2S(=O)(=O)CC)c(SC#N)c1C. The van der Waals surface area contributed by atoms with Crippen molar-refractivity contribution >= 4 is 49.8 Å². The predicted octanol–water partition coefficient (Wildman–Crippen LogP) is 3.85. The molecule has 0 aliphatic heterocycles. The van der Waals surface area contributed by atoms with Crippen molar-refractivity contribution < 1.29 is 22.7 Å². The number of thioether (sulfide) groups is 1. The van der Waals surface area contributed by atoms with Crippen molar-refractivity contribution in [2.45, 2.75) is 30.6 Å². The van der Waals surface area contributed by atoms with E-state index in [1.54, 1.807) is 26.0 Å². The van der Waals surface area contributed by atoms with Crippen LogP contribution < -0.4 is 5.32 Å². The molecule has 1 amide bonds. The summed E-state index contributed by atoms with van der Waals surface area (Å²) in [7, 11) is -3.60. The van der Waals surface area contributed by atoms with Crippen molar-refractivity contribution in [2.75, 3.05) is 17.7 Å². The van der Waals surface area contributed by atoms with Crippen molar-refractivity contribution in [3.8, 4) is 5.40 Å². The highest BCUT2D eigenvalue weighted by molar-refractivity contribution is 8.04. The number of nitriles is 1. The second-order valence-corrected chi connectivity index (χ2v) is 9.54. The molecule has 2 aromatic rings. The lowest BCUT2D eigenvalue weighted by atomic mass is 10.2. The lowest BCUT2D eigenvalue weighted by molar-refractivity contribution is 0.0531. The fraction of sp³-hybridized carbons (Fsp3) is 0.278. The van der Waals surface area contributed by atoms with Crippen molar-refractivity contribution in [2.24, 2.45) is 0 Å². The molecule has 0 radical (unpaired) electrons. The van der Waals surface area contributed by atoms with Crippen LogP contribution in [-0.4, -0.2) is 32.7 Å². The third-order valence-electron chi connectivity index (χ3n) is 3.77. The minimum absolute atomic E-state index is 0.000922. The van der Waals surface area contributed by atoms with Crippen molar-refractivity contribution in [3.63, 3.8) is 0 Å². The summed E-state index contributed by atoms with van der Waals surface area (Å²) in [4.78, 5) is 25.6. The molecule has 0 atom stereocenters. The summed E-state index contributed by atoms with van der Waals surface area (Å²) in [5.74, 6) is -1.32. The number of carbonyl (C=O) groups excluding carboxylic acids is 2. The molecular weight excluding hydrogens is 420 g/mol. The standard InChI is InChI=1S/C18H18N2O5S3/c1-4-25-18(22)15-11(3)14(26-10-19)17(27-15)20-16(21)12-8-6-7-9-13(12)28(23,24)5-2/h6-9H,4-5H2,1-3H3,(H,20,21). The quantitative estimate of drug-likeness (QED) is 0.397. The number of hydrogen-bond acceptors (Lipinski definition) is 8. The van der Waals surface area contributed by atoms with Crippen LogP contribution in [0.15, 0.2) is 34.1 Å². The Bertz CT molecular complexity index is 1050. The Morgan fingerprint density at radius 3 is 2.57 bits per heavy atom. The summed E-state index contributed by atoms with van der Waals surface area (Å²) in [6, 6.07) is 5.91. The first kappa shape index (κ1) is 21.9. The average Bonchev–Trinajstić information content (AvgIpc) is 2.98. The summed E-state index contributed by atoms with van der Waals surface area (Å²) in [5, 5.41) is 13.9. The molecule has 0 unspecified atom stereocenters. The maximum atomic E-state index is 12.8. The zero-order valence-electron chi connectivity index (χ0n) is 15.4. The molecule has 148 valence electrons. The first-order valence-corrected chi connectivity index (χ1v) is 11.5. The molecule has 10 heteroatoms. The lowest BCUT2D eigenvalue weighted by Crippen LogP contribution is -2.17. The maximum absolute atomic E-state index is 12.8. The lowest BCUT2D eigenvalue weighted by Gasteiger charge is -2.09. The Hall–Kier alpha value is -2.35. The number of nitrogens with one attached hydrogen (secondary N) is 1. The molecule has 1 N–H and O–H groups in total. The van der Waals surface area contributed by atoms with E-state index in [4.69, 9.17) is 10.00 Å². The van der Waals surface area contributed by atoms with Gasteiger partial charge in [0.1, 0.15) is 15.3 Å². The van der Waals surface area contributed by atoms with Crippen LogP contribution >= 0.6 is 23.1 Å². The second kappa shape index (κ2) is 9.23. The fourth-order valence-corrected chi connectivity index (χ4v) is 5.28. The average molecular weight is 439 g/mol. The summed E-state index contributed by atoms with van der Waals surface area (Å²) >= 11 is 1.80. The molecule has 1 heterocycles. The molecule has 0 saturated heterocycles. The number of nitrogens with zero attached hydrogens (tertiary/aromatic N) is 1. The highest BCUT2D eigenvalue weighted by atomic mass is 32.2. The molecule has 0 bridgehead atoms. The number of rotatable bonds is 7. The Kier molecular flexibility index (Phi) is 7.23. The fourth-order valence-electron chi connectivity index (χ4n) is 2.39. The normalized spacial score (nSPS) is 10.9. The molecule has 0 aliphatic rings. The van der Waals surface area contributed by atoms with Gasteiger partial charge in [-0.25, -0.2) is 13.2 Å². The van der Waals surface area contributed by atoms with Crippen LogP contribution in [-0.2, 0) is 14.6 Å². The van der Waals surface area contributed by atoms with Crippen LogP contribution in [0, 0.1) is 17.6 Å². The monoisotopic (exact) mass is 438 g/mol. The van der Waals surface area contributed by atoms with Gasteiger partial charge in [0.25, 0.3) is 5.91 Å². The van der Waals surface area contributed by atoms with Gasteiger partial charge in [0, 0.05) is 0 Å². The second-order valence-electron chi connectivity index (χ2n) is 5.48. The number of amides is 1. The van der Waals surface area contributed by atoms with Gasteiger partial charge in [-0.2, -0.15) is 5.26 Å². The van der Waals surface area contributed by atoms with E-state index in [1.165, 1.54) is 19.1 Å². The molecule has 1 aromatic carbocycles. The van der Waals surface area contributed by atoms with Gasteiger partial charge in [-0.1, -0.05) is 19.1 Å². The van der Waals surface area contributed by atoms with Gasteiger partial charge in [-0.15, -0.1) is 11.3 Å². The summed E-state index contributed by atoms with van der Waals surface area (Å²) < 4.78 is 29.6. The number of hydrogen-bond donors (Lipinski definition) is 1. The van der Waals surface area contributed by atoms with Gasteiger partial charge in [-0.05, 0) is 43.3 Å². The van der Waals surface area contributed by atoms with E-state index < -0.39 is 21.7 Å². The smallest absolute Gasteiger partial charge is 0.348 e. The van der Waals surface area contributed by atoms with E-state index in [2.05, 4.69) is 5.32 Å². The largest absolute Gasteiger partial charge is 0.462 e. The van der Waals surface area contributed by atoms with Crippen LogP contribution in [0.2, 0.25) is 0 Å². The van der Waals surface area contributed by atoms with Crippen LogP contribution in [0.25, 0.3) is 0 Å². The molecule has 2 rings (SSSR count). The minimum atomic E-state index is -3.60. The highest BCUT2D eigenvalue weighted by Gasteiger charge is 2.25. The van der Waals surface area contributed by atoms with Crippen molar-refractivity contribution in [3.05, 3.63) is 40.3 Å². The van der Waals surface area contributed by atoms with Gasteiger partial charge in [0.2, 0.25) is 0 Å². The number of ether oxygens (including phenoxy) is 1. The van der Waals surface area contributed by atoms with Crippen LogP contribution in [0.4, 0.5) is 5.00 Å². The summed E-state index contributed by atoms with van der Waals surface area (Å²) in [5.41, 5.74) is 0.528. The number of benzene rings is 1. The number of carbonyl (C=O) groups is 2. The van der Waals surface area contributed by atoms with Crippen LogP contribution in [0.1, 0.15) is 39.4 Å². The zero-order chi connectivity index (χ0) is 20.9. The summed E-state index contributed by atoms with van der Waals surface area (Å²) in [6.07, 6.45) is 0. The van der Waals surface area contributed by atoms with Crippen LogP contribution in [0.5, 0.6) is 0 Å². The maximum Gasteiger partial charge on any atom is 0.348 e. The molecule has 0 saturated carbocycles. The molecule has 7 nitrogen and oxygen atoms in total. The van der Waals surface area contributed by atoms with E-state index >= 15 is 0 Å². The Morgan fingerprint density at radius 2 is 1.96 bits per heavy atom. The van der Waals surface area contributed by atoms with E-state index in [0.717, 1.165) is 23.1 Å². The number of esters is 1. The van der Waals surface area contributed by atoms with Gasteiger partial charge >= 0.3 is 5.97 Å². The van der Waals surface area contributed by atoms with Gasteiger partial charge in [-0.3, -0.25) is 4.79 Å². The Labute approximate surface area is 171 Å². The Balaban J connectivity index is 2.47. The van der Waals surface area contributed by atoms with E-state index in [1.807, 2.05) is 5.40 Å². The Morgan fingerprint density at radius 1 is 1.29 bits per heavy atom. The van der Waals surface area contributed by atoms with E-state index in [9.17, 15) is 18.0 Å². The molecule has 1 aromatic heterocycles. The zero-order valence-corrected chi connectivity index (χ0v) is 17.9. The molecule has 28 heavy (non-hydrogen) atoms. The highest BCUT2D eigenvalue weighted by Crippen LogP contribution is 2.40. The number of sulfone groups is 1. The molecule has 0 spiro atoms. The van der Waals surface area contributed by atoms with Crippen molar-refractivity contribution in [1.82, 2.24) is 0 Å². The van der Waals surface area contributed by atoms with Gasteiger partial charge < -0.3 is 10.1 Å². The summed E-state index contributed by atoms with van der Waals surface area (Å²) in [6.45, 7) is 5.04. The molecule has 0 fully saturated rings. The van der Waals surface area contributed by atoms with Gasteiger partial charge in [0.15, 0.2) is 9.84 Å². The van der Waals surface area contributed by atoms with E-state index in [0.29, 0.717) is 15.5 Å². The first-order chi connectivity index (χ1) is 13.3. The number of thiophene rings is 1. The van der Waals surface area contributed by atoms with Crippen molar-refractivity contribution in [1.29, 1.82) is 5.26 Å². The van der Waals surface area contributed by atoms with E-state index in [-0.39, 0.29) is 27.7 Å². The minimum Gasteiger partial charge on any atom is -0.462 e. The predicted molar refractivity (Wildman–Crippen MR) is 109 cm³/mol. The number of anilines is 1. The molecular formula is C18H18N2O5S3. The number of thiocyanates is 1. The third kappa shape index (κ3) is 4.55. The van der Waals surface area contributed by atoms with Crippen LogP contribution in [0.3, 0.4) is 0 Å². The first-order valence-electron chi connectivity index (χ1n) is 8.26. The molecule has 0 aliphatic carbocycles.